The highest BCUT2D eigenvalue weighted by molar-refractivity contribution is 6.12. The molecule has 1 aromatic heterocycles. The number of nitrogens with zero attached hydrogens (tertiary/aromatic N) is 2. The normalized spacial score (nSPS) is 15.7. The molecule has 1 saturated carbocycles. The molecule has 148 valence electrons. The quantitative estimate of drug-likeness (QED) is 0.730. The van der Waals surface area contributed by atoms with Crippen molar-refractivity contribution in [1.82, 2.24) is 9.88 Å². The van der Waals surface area contributed by atoms with E-state index in [1.807, 2.05) is 4.90 Å². The molecule has 0 radical (unpaired) electrons. The molecule has 0 bridgehead atoms. The fraction of sp³-hybridized carbons (Fsp3) is 0.273. The maximum absolute atomic E-state index is 15.1. The van der Waals surface area contributed by atoms with Gasteiger partial charge in [-0.15, -0.1) is 0 Å². The van der Waals surface area contributed by atoms with Crippen LogP contribution in [0.5, 0.6) is 11.5 Å². The minimum absolute atomic E-state index is 0.0840. The molecule has 0 spiro atoms. The van der Waals surface area contributed by atoms with E-state index >= 15 is 4.39 Å². The summed E-state index contributed by atoms with van der Waals surface area (Å²) in [6.45, 7) is 0.407. The van der Waals surface area contributed by atoms with Crippen LogP contribution in [0, 0.1) is 5.82 Å². The van der Waals surface area contributed by atoms with Crippen LogP contribution in [-0.2, 0) is 6.54 Å². The van der Waals surface area contributed by atoms with Gasteiger partial charge in [0.05, 0.1) is 43.2 Å². The van der Waals surface area contributed by atoms with Crippen molar-refractivity contribution in [3.8, 4) is 22.6 Å². The molecule has 5 rings (SSSR count). The first-order chi connectivity index (χ1) is 14.0. The summed E-state index contributed by atoms with van der Waals surface area (Å²) in [7, 11) is 3.08. The van der Waals surface area contributed by atoms with Crippen LogP contribution in [0.3, 0.4) is 0 Å². The molecule has 0 unspecified atom stereocenters. The second kappa shape index (κ2) is 6.34. The van der Waals surface area contributed by atoms with Crippen LogP contribution < -0.4 is 15.2 Å². The van der Waals surface area contributed by atoms with Gasteiger partial charge in [0, 0.05) is 22.6 Å². The number of anilines is 1. The summed E-state index contributed by atoms with van der Waals surface area (Å²) < 4.78 is 25.8. The zero-order chi connectivity index (χ0) is 20.3. The molecule has 1 fully saturated rings. The number of benzene rings is 2. The van der Waals surface area contributed by atoms with Crippen molar-refractivity contribution in [1.29, 1.82) is 0 Å². The van der Waals surface area contributed by atoms with E-state index in [0.29, 0.717) is 51.5 Å². The molecule has 29 heavy (non-hydrogen) atoms. The summed E-state index contributed by atoms with van der Waals surface area (Å²) in [5.74, 6) is 0.536. The van der Waals surface area contributed by atoms with Crippen molar-refractivity contribution in [2.75, 3.05) is 20.0 Å². The fourth-order valence-corrected chi connectivity index (χ4v) is 4.06. The van der Waals surface area contributed by atoms with E-state index in [2.05, 4.69) is 0 Å². The van der Waals surface area contributed by atoms with Crippen molar-refractivity contribution < 1.29 is 18.7 Å². The third-order valence-electron chi connectivity index (χ3n) is 5.68. The maximum atomic E-state index is 15.1. The predicted octanol–water partition coefficient (Wildman–Crippen LogP) is 3.76. The minimum Gasteiger partial charge on any atom is -0.497 e. The van der Waals surface area contributed by atoms with E-state index in [1.165, 1.54) is 13.2 Å². The number of methoxy groups -OCH3 is 2. The molecule has 6 nitrogen and oxygen atoms in total. The zero-order valence-corrected chi connectivity index (χ0v) is 16.2. The molecule has 2 aromatic carbocycles. The Kier molecular flexibility index (Phi) is 3.87. The van der Waals surface area contributed by atoms with Gasteiger partial charge in [-0.2, -0.15) is 0 Å². The Balaban J connectivity index is 1.79. The second-order valence-electron chi connectivity index (χ2n) is 7.40. The maximum Gasteiger partial charge on any atom is 0.258 e. The topological polar surface area (TPSA) is 77.7 Å². The number of hydrogen-bond acceptors (Lipinski definition) is 5. The van der Waals surface area contributed by atoms with Crippen LogP contribution in [-0.4, -0.2) is 36.1 Å². The standard InChI is InChI=1S/C22H20FN3O3/c1-28-12-5-8-17(29-2)14(9-12)18-15(23)7-6-13-20(24)19-16(25-21(13)18)10-26(22(19)27)11-3-4-11/h5-9,11H,3-4,10H2,1-2H3,(H2,24,25). The smallest absolute Gasteiger partial charge is 0.258 e. The number of halogens is 1. The van der Waals surface area contributed by atoms with E-state index in [4.69, 9.17) is 20.2 Å². The van der Waals surface area contributed by atoms with Crippen molar-refractivity contribution >= 4 is 22.5 Å². The Morgan fingerprint density at radius 3 is 2.62 bits per heavy atom. The Morgan fingerprint density at radius 1 is 1.14 bits per heavy atom. The highest BCUT2D eigenvalue weighted by Gasteiger charge is 2.40. The average Bonchev–Trinajstić information content (AvgIpc) is 3.51. The van der Waals surface area contributed by atoms with Crippen LogP contribution in [0.1, 0.15) is 28.9 Å². The van der Waals surface area contributed by atoms with Crippen molar-refractivity contribution in [2.45, 2.75) is 25.4 Å². The summed E-state index contributed by atoms with van der Waals surface area (Å²) in [4.78, 5) is 19.4. The van der Waals surface area contributed by atoms with E-state index in [9.17, 15) is 4.79 Å². The van der Waals surface area contributed by atoms with Crippen LogP contribution in [0.25, 0.3) is 22.0 Å². The average molecular weight is 393 g/mol. The minimum atomic E-state index is -0.445. The first kappa shape index (κ1) is 17.7. The summed E-state index contributed by atoms with van der Waals surface area (Å²) >= 11 is 0. The first-order valence-electron chi connectivity index (χ1n) is 9.47. The third kappa shape index (κ3) is 2.61. The largest absolute Gasteiger partial charge is 0.497 e. The molecule has 7 heteroatoms. The lowest BCUT2D eigenvalue weighted by molar-refractivity contribution is 0.0767. The molecule has 2 aliphatic rings. The molecule has 2 heterocycles. The third-order valence-corrected chi connectivity index (χ3v) is 5.68. The number of aromatic nitrogens is 1. The van der Waals surface area contributed by atoms with Gasteiger partial charge < -0.3 is 20.1 Å². The van der Waals surface area contributed by atoms with Crippen LogP contribution in [0.2, 0.25) is 0 Å². The molecule has 1 aliphatic carbocycles. The number of fused-ring (bicyclic) bond motifs is 2. The highest BCUT2D eigenvalue weighted by Crippen LogP contribution is 2.43. The number of nitrogen functional groups attached to an aromatic ring is 1. The van der Waals surface area contributed by atoms with Gasteiger partial charge in [-0.05, 0) is 43.2 Å². The fourth-order valence-electron chi connectivity index (χ4n) is 4.06. The van der Waals surface area contributed by atoms with Gasteiger partial charge in [-0.1, -0.05) is 0 Å². The lowest BCUT2D eigenvalue weighted by atomic mass is 9.97. The Labute approximate surface area is 167 Å². The lowest BCUT2D eigenvalue weighted by Gasteiger charge is -2.15. The first-order valence-corrected chi connectivity index (χ1v) is 9.47. The van der Waals surface area contributed by atoms with Gasteiger partial charge >= 0.3 is 0 Å². The number of pyridine rings is 1. The van der Waals surface area contributed by atoms with Gasteiger partial charge in [0.25, 0.3) is 5.91 Å². The summed E-state index contributed by atoms with van der Waals surface area (Å²) in [6, 6.07) is 8.37. The Hall–Kier alpha value is -3.35. The van der Waals surface area contributed by atoms with Crippen LogP contribution in [0.4, 0.5) is 10.1 Å². The molecular formula is C22H20FN3O3. The Morgan fingerprint density at radius 2 is 1.93 bits per heavy atom. The molecule has 0 saturated heterocycles. The van der Waals surface area contributed by atoms with Crippen LogP contribution >= 0.6 is 0 Å². The summed E-state index contributed by atoms with van der Waals surface area (Å²) in [6.07, 6.45) is 2.00. The number of ether oxygens (including phenoxy) is 2. The number of hydrogen-bond donors (Lipinski definition) is 1. The van der Waals surface area contributed by atoms with E-state index in [-0.39, 0.29) is 17.5 Å². The molecular weight excluding hydrogens is 373 g/mol. The van der Waals surface area contributed by atoms with Crippen LogP contribution in [0.15, 0.2) is 30.3 Å². The van der Waals surface area contributed by atoms with Gasteiger partial charge in [-0.25, -0.2) is 9.37 Å². The number of amides is 1. The van der Waals surface area contributed by atoms with Gasteiger partial charge in [0.2, 0.25) is 0 Å². The summed E-state index contributed by atoms with van der Waals surface area (Å²) in [5, 5.41) is 0.552. The van der Waals surface area contributed by atoms with E-state index in [1.54, 1.807) is 31.4 Å². The van der Waals surface area contributed by atoms with E-state index in [0.717, 1.165) is 12.8 Å². The van der Waals surface area contributed by atoms with Crippen molar-refractivity contribution in [3.63, 3.8) is 0 Å². The molecule has 1 aliphatic heterocycles. The molecule has 1 amide bonds. The zero-order valence-electron chi connectivity index (χ0n) is 16.2. The number of nitrogens with two attached hydrogens (primary N) is 1. The van der Waals surface area contributed by atoms with Crippen molar-refractivity contribution in [2.24, 2.45) is 0 Å². The molecule has 0 atom stereocenters. The molecule has 2 N–H and O–H groups in total. The number of carbonyl (C=O) groups excluding carboxylic acids is 1. The number of carbonyl (C=O) groups is 1. The van der Waals surface area contributed by atoms with Gasteiger partial charge in [-0.3, -0.25) is 4.79 Å². The van der Waals surface area contributed by atoms with Crippen molar-refractivity contribution in [3.05, 3.63) is 47.4 Å². The summed E-state index contributed by atoms with van der Waals surface area (Å²) in [5.41, 5.74) is 9.01. The predicted molar refractivity (Wildman–Crippen MR) is 108 cm³/mol. The van der Waals surface area contributed by atoms with Gasteiger partial charge in [0.1, 0.15) is 17.3 Å². The molecule has 3 aromatic rings. The van der Waals surface area contributed by atoms with Gasteiger partial charge in [0.15, 0.2) is 0 Å². The lowest BCUT2D eigenvalue weighted by Crippen LogP contribution is -2.26. The monoisotopic (exact) mass is 393 g/mol. The SMILES string of the molecule is COc1ccc(OC)c(-c2c(F)ccc3c(N)c4c(nc23)CN(C2CC2)C4=O)c1. The highest BCUT2D eigenvalue weighted by atomic mass is 19.1. The number of rotatable bonds is 4. The second-order valence-corrected chi connectivity index (χ2v) is 7.40. The Bertz CT molecular complexity index is 1170. The van der Waals surface area contributed by atoms with E-state index < -0.39 is 5.82 Å².